The van der Waals surface area contributed by atoms with Crippen LogP contribution in [0, 0.1) is 13.8 Å². The van der Waals surface area contributed by atoms with E-state index in [4.69, 9.17) is 0 Å². The van der Waals surface area contributed by atoms with Crippen LogP contribution in [0.3, 0.4) is 0 Å². The minimum absolute atomic E-state index is 0.111. The third kappa shape index (κ3) is 3.66. The number of hydrogen-bond acceptors (Lipinski definition) is 2. The van der Waals surface area contributed by atoms with Crippen molar-refractivity contribution in [2.75, 3.05) is 5.75 Å². The lowest BCUT2D eigenvalue weighted by atomic mass is 9.93. The summed E-state index contributed by atoms with van der Waals surface area (Å²) in [6, 6.07) is 13.7. The van der Waals surface area contributed by atoms with Crippen LogP contribution in [0.15, 0.2) is 47.4 Å². The molecule has 0 N–H and O–H groups in total. The van der Waals surface area contributed by atoms with Gasteiger partial charge in [-0.25, -0.2) is 8.42 Å². The number of rotatable bonds is 3. The minimum Gasteiger partial charge on any atom is -0.224 e. The lowest BCUT2D eigenvalue weighted by Gasteiger charge is -2.18. The maximum absolute atomic E-state index is 12.8. The molecule has 0 fully saturated rings. The molecule has 0 radical (unpaired) electrons. The molecule has 0 aromatic heterocycles. The zero-order valence-corrected chi connectivity index (χ0v) is 14.7. The van der Waals surface area contributed by atoms with Crippen molar-refractivity contribution in [3.05, 3.63) is 64.7 Å². The standard InChI is InChI=1S/C20H24O2S/c1-15-7-10-19(11-8-15)23(21,22)14-18-6-4-3-5-17-13-16(2)9-12-20(17)18/h7-13,18H,3-6,14H2,1-2H3. The molecule has 3 heteroatoms. The number of aryl methyl sites for hydroxylation is 3. The average Bonchev–Trinajstić information content (AvgIpc) is 2.69. The van der Waals surface area contributed by atoms with Gasteiger partial charge in [0.25, 0.3) is 0 Å². The summed E-state index contributed by atoms with van der Waals surface area (Å²) in [7, 11) is -3.25. The van der Waals surface area contributed by atoms with Gasteiger partial charge in [-0.3, -0.25) is 0 Å². The van der Waals surface area contributed by atoms with Crippen LogP contribution in [-0.2, 0) is 16.3 Å². The van der Waals surface area contributed by atoms with Gasteiger partial charge < -0.3 is 0 Å². The van der Waals surface area contributed by atoms with Gasteiger partial charge in [0.1, 0.15) is 0 Å². The fourth-order valence-electron chi connectivity index (χ4n) is 3.49. The Kier molecular flexibility index (Phi) is 4.58. The first-order chi connectivity index (χ1) is 11.0. The van der Waals surface area contributed by atoms with Crippen molar-refractivity contribution < 1.29 is 8.42 Å². The molecule has 122 valence electrons. The van der Waals surface area contributed by atoms with Gasteiger partial charge in [-0.15, -0.1) is 0 Å². The third-order valence-corrected chi connectivity index (χ3v) is 6.62. The van der Waals surface area contributed by atoms with Crippen molar-refractivity contribution in [2.45, 2.75) is 50.3 Å². The van der Waals surface area contributed by atoms with Crippen LogP contribution < -0.4 is 0 Å². The molecule has 0 bridgehead atoms. The highest BCUT2D eigenvalue weighted by Crippen LogP contribution is 2.33. The molecule has 0 saturated heterocycles. The first kappa shape index (κ1) is 16.3. The molecule has 0 spiro atoms. The Balaban J connectivity index is 1.91. The smallest absolute Gasteiger partial charge is 0.178 e. The number of hydrogen-bond donors (Lipinski definition) is 0. The van der Waals surface area contributed by atoms with Crippen LogP contribution in [0.5, 0.6) is 0 Å². The molecular weight excluding hydrogens is 304 g/mol. The van der Waals surface area contributed by atoms with Gasteiger partial charge in [0.15, 0.2) is 9.84 Å². The SMILES string of the molecule is Cc1ccc(S(=O)(=O)CC2CCCCc3cc(C)ccc32)cc1. The van der Waals surface area contributed by atoms with Crippen LogP contribution >= 0.6 is 0 Å². The lowest BCUT2D eigenvalue weighted by molar-refractivity contribution is 0.575. The van der Waals surface area contributed by atoms with Crippen LogP contribution in [0.25, 0.3) is 0 Å². The van der Waals surface area contributed by atoms with Gasteiger partial charge >= 0.3 is 0 Å². The van der Waals surface area contributed by atoms with Crippen LogP contribution in [0.1, 0.15) is 47.4 Å². The molecule has 2 nitrogen and oxygen atoms in total. The first-order valence-corrected chi connectivity index (χ1v) is 10.00. The van der Waals surface area contributed by atoms with E-state index in [2.05, 4.69) is 25.1 Å². The normalized spacial score (nSPS) is 18.3. The topological polar surface area (TPSA) is 34.1 Å². The maximum Gasteiger partial charge on any atom is 0.178 e. The Labute approximate surface area is 139 Å². The Morgan fingerprint density at radius 2 is 1.65 bits per heavy atom. The maximum atomic E-state index is 12.8. The van der Waals surface area contributed by atoms with Gasteiger partial charge in [0.05, 0.1) is 10.6 Å². The molecule has 1 atom stereocenters. The number of benzene rings is 2. The van der Waals surface area contributed by atoms with Gasteiger partial charge in [0.2, 0.25) is 0 Å². The molecule has 1 aliphatic rings. The van der Waals surface area contributed by atoms with Crippen molar-refractivity contribution in [1.82, 2.24) is 0 Å². The second kappa shape index (κ2) is 6.48. The molecule has 0 heterocycles. The lowest BCUT2D eigenvalue weighted by Crippen LogP contribution is -2.15. The van der Waals surface area contributed by atoms with Crippen molar-refractivity contribution in [2.24, 2.45) is 0 Å². The Hall–Kier alpha value is -1.61. The average molecular weight is 328 g/mol. The van der Waals surface area contributed by atoms with Crippen molar-refractivity contribution in [3.63, 3.8) is 0 Å². The molecule has 2 aromatic carbocycles. The quantitative estimate of drug-likeness (QED) is 0.772. The molecule has 3 rings (SSSR count). The molecule has 1 aliphatic carbocycles. The first-order valence-electron chi connectivity index (χ1n) is 8.34. The molecule has 0 aliphatic heterocycles. The molecule has 23 heavy (non-hydrogen) atoms. The van der Waals surface area contributed by atoms with E-state index in [1.165, 1.54) is 16.7 Å². The number of sulfone groups is 1. The summed E-state index contributed by atoms with van der Waals surface area (Å²) in [6.07, 6.45) is 4.28. The molecule has 0 saturated carbocycles. The highest BCUT2D eigenvalue weighted by Gasteiger charge is 2.25. The van der Waals surface area contributed by atoms with Gasteiger partial charge in [-0.05, 0) is 62.3 Å². The predicted octanol–water partition coefficient (Wildman–Crippen LogP) is 4.59. The summed E-state index contributed by atoms with van der Waals surface area (Å²) in [5, 5.41) is 0. The zero-order valence-electron chi connectivity index (χ0n) is 13.9. The van der Waals surface area contributed by atoms with Crippen LogP contribution in [0.4, 0.5) is 0 Å². The Morgan fingerprint density at radius 3 is 2.39 bits per heavy atom. The van der Waals surface area contributed by atoms with E-state index in [9.17, 15) is 8.42 Å². The summed E-state index contributed by atoms with van der Waals surface area (Å²) in [5.74, 6) is 0.325. The van der Waals surface area contributed by atoms with E-state index in [-0.39, 0.29) is 11.7 Å². The largest absolute Gasteiger partial charge is 0.224 e. The van der Waals surface area contributed by atoms with Crippen LogP contribution in [0.2, 0.25) is 0 Å². The Morgan fingerprint density at radius 1 is 0.957 bits per heavy atom. The van der Waals surface area contributed by atoms with E-state index >= 15 is 0 Å². The second-order valence-electron chi connectivity index (χ2n) is 6.74. The fourth-order valence-corrected chi connectivity index (χ4v) is 5.11. The second-order valence-corrected chi connectivity index (χ2v) is 8.77. The zero-order chi connectivity index (χ0) is 16.4. The fraction of sp³-hybridized carbons (Fsp3) is 0.400. The molecule has 2 aromatic rings. The summed E-state index contributed by atoms with van der Waals surface area (Å²) >= 11 is 0. The van der Waals surface area contributed by atoms with Crippen molar-refractivity contribution >= 4 is 9.84 Å². The summed E-state index contributed by atoms with van der Waals surface area (Å²) in [6.45, 7) is 4.07. The van der Waals surface area contributed by atoms with Crippen molar-refractivity contribution in [3.8, 4) is 0 Å². The third-order valence-electron chi connectivity index (χ3n) is 4.79. The number of fused-ring (bicyclic) bond motifs is 1. The summed E-state index contributed by atoms with van der Waals surface area (Å²) in [4.78, 5) is 0.445. The van der Waals surface area contributed by atoms with Gasteiger partial charge in [-0.1, -0.05) is 47.9 Å². The van der Waals surface area contributed by atoms with E-state index in [0.29, 0.717) is 4.90 Å². The van der Waals surface area contributed by atoms with E-state index in [0.717, 1.165) is 31.2 Å². The Bertz CT molecular complexity index is 789. The monoisotopic (exact) mass is 328 g/mol. The van der Waals surface area contributed by atoms with Crippen molar-refractivity contribution in [1.29, 1.82) is 0 Å². The molecule has 1 unspecified atom stereocenters. The van der Waals surface area contributed by atoms with Gasteiger partial charge in [0, 0.05) is 0 Å². The highest BCUT2D eigenvalue weighted by atomic mass is 32.2. The van der Waals surface area contributed by atoms with Gasteiger partial charge in [-0.2, -0.15) is 0 Å². The van der Waals surface area contributed by atoms with Crippen LogP contribution in [-0.4, -0.2) is 14.2 Å². The molecular formula is C20H24O2S. The van der Waals surface area contributed by atoms with E-state index in [1.54, 1.807) is 12.1 Å². The molecule has 0 amide bonds. The summed E-state index contributed by atoms with van der Waals surface area (Å²) < 4.78 is 25.6. The minimum atomic E-state index is -3.25. The van der Waals surface area contributed by atoms with E-state index < -0.39 is 9.84 Å². The highest BCUT2D eigenvalue weighted by molar-refractivity contribution is 7.91. The summed E-state index contributed by atoms with van der Waals surface area (Å²) in [5.41, 5.74) is 4.92. The van der Waals surface area contributed by atoms with E-state index in [1.807, 2.05) is 19.1 Å². The predicted molar refractivity (Wildman–Crippen MR) is 94.7 cm³/mol.